The molecular formula is C31H24F3N2NaO5S. The number of hydrogen-bond donors (Lipinski definition) is 1. The van der Waals surface area contributed by atoms with E-state index >= 15 is 0 Å². The molecular weight excluding hydrogens is 592 g/mol. The van der Waals surface area contributed by atoms with E-state index in [4.69, 9.17) is 0 Å². The molecule has 0 unspecified atom stereocenters. The van der Waals surface area contributed by atoms with Crippen LogP contribution in [0.15, 0.2) is 102 Å². The van der Waals surface area contributed by atoms with E-state index in [0.717, 1.165) is 16.4 Å². The number of nitrogens with one attached hydrogen (secondary N) is 1. The number of aliphatic carboxylic acids is 1. The van der Waals surface area contributed by atoms with Crippen molar-refractivity contribution < 1.29 is 65.8 Å². The van der Waals surface area contributed by atoms with Gasteiger partial charge in [-0.15, -0.1) is 0 Å². The van der Waals surface area contributed by atoms with Gasteiger partial charge in [-0.25, -0.2) is 8.42 Å². The number of hydrogen-bond acceptors (Lipinski definition) is 5. The number of benzene rings is 4. The molecule has 1 atom stereocenters. The second-order valence-corrected chi connectivity index (χ2v) is 11.7. The van der Waals surface area contributed by atoms with Crippen LogP contribution in [0.1, 0.15) is 22.3 Å². The maximum Gasteiger partial charge on any atom is 1.00 e. The van der Waals surface area contributed by atoms with Crippen LogP contribution in [0.5, 0.6) is 0 Å². The van der Waals surface area contributed by atoms with Crippen LogP contribution in [-0.2, 0) is 45.2 Å². The Morgan fingerprint density at radius 1 is 0.860 bits per heavy atom. The van der Waals surface area contributed by atoms with Crippen molar-refractivity contribution in [3.63, 3.8) is 0 Å². The van der Waals surface area contributed by atoms with Gasteiger partial charge in [-0.3, -0.25) is 9.10 Å². The van der Waals surface area contributed by atoms with Gasteiger partial charge < -0.3 is 15.2 Å². The minimum atomic E-state index is -4.51. The van der Waals surface area contributed by atoms with Crippen molar-refractivity contribution in [2.45, 2.75) is 36.5 Å². The third kappa shape index (κ3) is 7.13. The number of anilines is 1. The molecule has 43 heavy (non-hydrogen) atoms. The number of carboxylic acid groups (broad SMARTS) is 1. The first-order chi connectivity index (χ1) is 19.9. The van der Waals surface area contributed by atoms with Crippen LogP contribution < -0.4 is 44.3 Å². The minimum Gasteiger partial charge on any atom is -0.550 e. The Bertz CT molecular complexity index is 1740. The van der Waals surface area contributed by atoms with Crippen molar-refractivity contribution >= 4 is 27.6 Å². The van der Waals surface area contributed by atoms with Crippen LogP contribution in [0, 0.1) is 0 Å². The number of para-hydroxylation sites is 1. The normalized spacial score (nSPS) is 14.5. The van der Waals surface area contributed by atoms with Crippen LogP contribution in [0.4, 0.5) is 18.9 Å². The van der Waals surface area contributed by atoms with Crippen molar-refractivity contribution in [2.24, 2.45) is 0 Å². The average Bonchev–Trinajstić information content (AvgIpc) is 3.37. The van der Waals surface area contributed by atoms with E-state index in [1.807, 2.05) is 0 Å². The van der Waals surface area contributed by atoms with Gasteiger partial charge in [0.2, 0.25) is 5.91 Å². The first kappa shape index (κ1) is 32.3. The van der Waals surface area contributed by atoms with Crippen LogP contribution in [0.3, 0.4) is 0 Å². The van der Waals surface area contributed by atoms with E-state index in [0.29, 0.717) is 27.9 Å². The Kier molecular flexibility index (Phi) is 9.70. The standard InChI is InChI=1S/C31H25F3N2O5S.Na/c32-31(33,34)25-6-3-5-23(17-25)22-12-14-26(15-13-22)42(40,41)36-27-7-2-1-4-24(27)18-28(36)30(39)35-19-21-10-8-20(9-11-21)16-29(37)38;/h1-15,17,28H,16,18-19H2,(H,35,39)(H,37,38);/q;+1/p-1/t28-;/m0./s1. The molecule has 12 heteroatoms. The molecule has 5 rings (SSSR count). The topological polar surface area (TPSA) is 107 Å². The summed E-state index contributed by atoms with van der Waals surface area (Å²) in [6, 6.07) is 22.5. The van der Waals surface area contributed by atoms with E-state index in [1.54, 1.807) is 48.5 Å². The molecule has 1 heterocycles. The quantitative estimate of drug-likeness (QED) is 0.299. The van der Waals surface area contributed by atoms with Gasteiger partial charge in [-0.1, -0.05) is 66.7 Å². The molecule has 0 aliphatic carbocycles. The third-order valence-corrected chi connectivity index (χ3v) is 8.84. The number of carbonyl (C=O) groups excluding carboxylic acids is 2. The number of rotatable bonds is 8. The fourth-order valence-electron chi connectivity index (χ4n) is 4.91. The van der Waals surface area contributed by atoms with Gasteiger partial charge in [0, 0.05) is 25.4 Å². The van der Waals surface area contributed by atoms with Crippen LogP contribution in [0.2, 0.25) is 0 Å². The number of amides is 1. The first-order valence-electron chi connectivity index (χ1n) is 12.9. The fourth-order valence-corrected chi connectivity index (χ4v) is 6.56. The number of sulfonamides is 1. The van der Waals surface area contributed by atoms with Gasteiger partial charge >= 0.3 is 35.7 Å². The zero-order valence-electron chi connectivity index (χ0n) is 23.0. The Hall–Kier alpha value is -3.64. The zero-order valence-corrected chi connectivity index (χ0v) is 25.8. The number of nitrogens with zero attached hydrogens (tertiary/aromatic N) is 1. The monoisotopic (exact) mass is 616 g/mol. The maximum atomic E-state index is 13.9. The van der Waals surface area contributed by atoms with Gasteiger partial charge in [0.25, 0.3) is 10.0 Å². The summed E-state index contributed by atoms with van der Waals surface area (Å²) in [5.41, 5.74) is 2.16. The van der Waals surface area contributed by atoms with E-state index in [1.165, 1.54) is 36.4 Å². The Morgan fingerprint density at radius 3 is 2.16 bits per heavy atom. The summed E-state index contributed by atoms with van der Waals surface area (Å²) in [6.07, 6.45) is -4.60. The molecule has 0 bridgehead atoms. The summed E-state index contributed by atoms with van der Waals surface area (Å²) in [4.78, 5) is 24.0. The van der Waals surface area contributed by atoms with Gasteiger partial charge in [0.05, 0.1) is 16.1 Å². The summed E-state index contributed by atoms with van der Waals surface area (Å²) in [5, 5.41) is 13.6. The number of alkyl halides is 3. The molecule has 0 radical (unpaired) electrons. The second-order valence-electron chi connectivity index (χ2n) is 9.84. The molecule has 7 nitrogen and oxygen atoms in total. The van der Waals surface area contributed by atoms with Crippen molar-refractivity contribution in [1.82, 2.24) is 5.32 Å². The largest absolute Gasteiger partial charge is 1.00 e. The summed E-state index contributed by atoms with van der Waals surface area (Å²) >= 11 is 0. The van der Waals surface area contributed by atoms with E-state index in [9.17, 15) is 36.3 Å². The van der Waals surface area contributed by atoms with Gasteiger partial charge in [0.1, 0.15) is 6.04 Å². The second kappa shape index (κ2) is 12.9. The van der Waals surface area contributed by atoms with E-state index < -0.39 is 39.7 Å². The summed E-state index contributed by atoms with van der Waals surface area (Å²) in [6.45, 7) is 0.0941. The minimum absolute atomic E-state index is 0. The van der Waals surface area contributed by atoms with Gasteiger partial charge in [-0.2, -0.15) is 13.2 Å². The van der Waals surface area contributed by atoms with E-state index in [2.05, 4.69) is 5.32 Å². The van der Waals surface area contributed by atoms with Crippen molar-refractivity contribution in [3.05, 3.63) is 119 Å². The number of halogens is 3. The molecule has 1 N–H and O–H groups in total. The number of carboxylic acids is 1. The molecule has 0 spiro atoms. The predicted octanol–water partition coefficient (Wildman–Crippen LogP) is 1.11. The molecule has 216 valence electrons. The van der Waals surface area contributed by atoms with Crippen molar-refractivity contribution in [3.8, 4) is 11.1 Å². The van der Waals surface area contributed by atoms with Crippen LogP contribution in [-0.4, -0.2) is 26.3 Å². The molecule has 0 aromatic heterocycles. The molecule has 0 saturated carbocycles. The van der Waals surface area contributed by atoms with Gasteiger partial charge in [0.15, 0.2) is 0 Å². The molecule has 1 amide bonds. The average molecular weight is 617 g/mol. The smallest absolute Gasteiger partial charge is 0.550 e. The number of carbonyl (C=O) groups is 2. The summed E-state index contributed by atoms with van der Waals surface area (Å²) in [5.74, 6) is -1.72. The van der Waals surface area contributed by atoms with E-state index in [-0.39, 0.29) is 59.4 Å². The molecule has 4 aromatic carbocycles. The van der Waals surface area contributed by atoms with Crippen LogP contribution in [0.25, 0.3) is 11.1 Å². The van der Waals surface area contributed by atoms with Crippen molar-refractivity contribution in [1.29, 1.82) is 0 Å². The fraction of sp³-hybridized carbons (Fsp3) is 0.161. The third-order valence-electron chi connectivity index (χ3n) is 7.00. The Labute approximate surface area is 268 Å². The Morgan fingerprint density at radius 2 is 1.51 bits per heavy atom. The molecule has 0 fully saturated rings. The van der Waals surface area contributed by atoms with Crippen molar-refractivity contribution in [2.75, 3.05) is 4.31 Å². The predicted molar refractivity (Wildman–Crippen MR) is 147 cm³/mol. The Balaban J connectivity index is 0.00000423. The van der Waals surface area contributed by atoms with Gasteiger partial charge in [-0.05, 0) is 58.1 Å². The van der Waals surface area contributed by atoms with Crippen LogP contribution >= 0.6 is 0 Å². The zero-order chi connectivity index (χ0) is 30.1. The SMILES string of the molecule is O=C([O-])Cc1ccc(CNC(=O)[C@@H]2Cc3ccccc3N2S(=O)(=O)c2ccc(-c3cccc(C(F)(F)F)c3)cc2)cc1.[Na+]. The molecule has 4 aromatic rings. The summed E-state index contributed by atoms with van der Waals surface area (Å²) in [7, 11) is -4.25. The summed E-state index contributed by atoms with van der Waals surface area (Å²) < 4.78 is 68.4. The molecule has 0 saturated heterocycles. The first-order valence-corrected chi connectivity index (χ1v) is 14.3. The number of fused-ring (bicyclic) bond motifs is 1. The maximum absolute atomic E-state index is 13.9. The molecule has 1 aliphatic heterocycles. The molecule has 1 aliphatic rings.